The van der Waals surface area contributed by atoms with E-state index in [1.807, 2.05) is 71.4 Å². The summed E-state index contributed by atoms with van der Waals surface area (Å²) in [6.07, 6.45) is 2.93. The highest BCUT2D eigenvalue weighted by atomic mass is 35.5. The minimum atomic E-state index is -0.945. The van der Waals surface area contributed by atoms with Crippen LogP contribution >= 0.6 is 11.6 Å². The number of carbonyl (C=O) groups excluding carboxylic acids is 1. The number of benzene rings is 1. The SMILES string of the molecule is COC(=O)[C@@H](OC(C)(C)C)c1c(C)nc2c(c(C)c(C)n2Cc2cnn(C)c2)c1-c1ccc(Cl)cc1. The van der Waals surface area contributed by atoms with Gasteiger partial charge in [-0.1, -0.05) is 23.7 Å². The fourth-order valence-electron chi connectivity index (χ4n) is 4.65. The number of ether oxygens (including phenoxy) is 2. The zero-order valence-electron chi connectivity index (χ0n) is 22.1. The first-order valence-electron chi connectivity index (χ1n) is 11.9. The third-order valence-electron chi connectivity index (χ3n) is 6.37. The molecule has 1 atom stereocenters. The molecular formula is C28H33ClN4O3. The predicted molar refractivity (Wildman–Crippen MR) is 142 cm³/mol. The molecule has 0 bridgehead atoms. The molecule has 7 nitrogen and oxygen atoms in total. The zero-order valence-corrected chi connectivity index (χ0v) is 22.9. The van der Waals surface area contributed by atoms with Crippen LogP contribution in [0.25, 0.3) is 22.2 Å². The van der Waals surface area contributed by atoms with E-state index >= 15 is 0 Å². The second-order valence-corrected chi connectivity index (χ2v) is 10.6. The Bertz CT molecular complexity index is 1430. The zero-order chi connectivity index (χ0) is 26.4. The average molecular weight is 509 g/mol. The number of methoxy groups -OCH3 is 1. The quantitative estimate of drug-likeness (QED) is 0.294. The van der Waals surface area contributed by atoms with E-state index < -0.39 is 17.7 Å². The Morgan fingerprint density at radius 3 is 2.36 bits per heavy atom. The van der Waals surface area contributed by atoms with Gasteiger partial charge in [-0.2, -0.15) is 5.10 Å². The van der Waals surface area contributed by atoms with E-state index in [1.165, 1.54) is 7.11 Å². The Hall–Kier alpha value is -3.16. The molecule has 0 spiro atoms. The predicted octanol–water partition coefficient (Wildman–Crippen LogP) is 6.09. The van der Waals surface area contributed by atoms with E-state index in [0.29, 0.717) is 22.8 Å². The number of aromatic nitrogens is 4. The monoisotopic (exact) mass is 508 g/mol. The highest BCUT2D eigenvalue weighted by molar-refractivity contribution is 6.30. The van der Waals surface area contributed by atoms with Crippen molar-refractivity contribution in [3.8, 4) is 11.1 Å². The summed E-state index contributed by atoms with van der Waals surface area (Å²) in [4.78, 5) is 18.2. The van der Waals surface area contributed by atoms with Crippen molar-refractivity contribution in [3.63, 3.8) is 0 Å². The molecule has 4 aromatic rings. The van der Waals surface area contributed by atoms with Gasteiger partial charge in [0.25, 0.3) is 0 Å². The number of hydrogen-bond donors (Lipinski definition) is 0. The Morgan fingerprint density at radius 1 is 1.14 bits per heavy atom. The number of halogens is 1. The van der Waals surface area contributed by atoms with Crippen LogP contribution < -0.4 is 0 Å². The second-order valence-electron chi connectivity index (χ2n) is 10.1. The third kappa shape index (κ3) is 4.90. The molecule has 0 saturated heterocycles. The summed E-state index contributed by atoms with van der Waals surface area (Å²) in [5, 5.41) is 5.94. The maximum Gasteiger partial charge on any atom is 0.339 e. The van der Waals surface area contributed by atoms with Crippen molar-refractivity contribution in [3.05, 3.63) is 69.8 Å². The van der Waals surface area contributed by atoms with Crippen molar-refractivity contribution < 1.29 is 14.3 Å². The first kappa shape index (κ1) is 25.9. The number of nitrogens with zero attached hydrogens (tertiary/aromatic N) is 4. The van der Waals surface area contributed by atoms with E-state index in [4.69, 9.17) is 26.1 Å². The first-order chi connectivity index (χ1) is 16.9. The largest absolute Gasteiger partial charge is 0.467 e. The van der Waals surface area contributed by atoms with Gasteiger partial charge in [0, 0.05) is 51.7 Å². The first-order valence-corrected chi connectivity index (χ1v) is 12.3. The molecule has 4 rings (SSSR count). The Labute approximate surface area is 217 Å². The number of rotatable bonds is 6. The minimum absolute atomic E-state index is 0.464. The van der Waals surface area contributed by atoms with Crippen LogP contribution in [0, 0.1) is 20.8 Å². The Kier molecular flexibility index (Phi) is 6.99. The highest BCUT2D eigenvalue weighted by Gasteiger charge is 2.34. The molecule has 0 aliphatic rings. The summed E-state index contributed by atoms with van der Waals surface area (Å²) in [7, 11) is 3.29. The number of aryl methyl sites for hydroxylation is 3. The lowest BCUT2D eigenvalue weighted by molar-refractivity contribution is -0.164. The van der Waals surface area contributed by atoms with E-state index in [9.17, 15) is 4.79 Å². The molecule has 0 aliphatic heterocycles. The van der Waals surface area contributed by atoms with Crippen molar-refractivity contribution in [1.82, 2.24) is 19.3 Å². The molecule has 0 unspecified atom stereocenters. The number of hydrogen-bond acceptors (Lipinski definition) is 5. The van der Waals surface area contributed by atoms with Crippen LogP contribution in [0.5, 0.6) is 0 Å². The Morgan fingerprint density at radius 2 is 1.81 bits per heavy atom. The van der Waals surface area contributed by atoms with Gasteiger partial charge in [0.2, 0.25) is 0 Å². The molecular weight excluding hydrogens is 476 g/mol. The van der Waals surface area contributed by atoms with E-state index in [-0.39, 0.29) is 0 Å². The third-order valence-corrected chi connectivity index (χ3v) is 6.62. The summed E-state index contributed by atoms with van der Waals surface area (Å²) in [6, 6.07) is 7.65. The summed E-state index contributed by atoms with van der Waals surface area (Å²) >= 11 is 6.24. The standard InChI is InChI=1S/C28H33ClN4O3/c1-16-18(3)33(15-19-13-30-32(7)14-19)26-22(16)24(20-9-11-21(29)12-10-20)23(17(2)31-26)25(27(34)35-8)36-28(4,5)6/h9-14,25H,15H2,1-8H3/t25-/m0/s1. The lowest BCUT2D eigenvalue weighted by Crippen LogP contribution is -2.29. The van der Waals surface area contributed by atoms with E-state index in [1.54, 1.807) is 4.68 Å². The molecule has 0 saturated carbocycles. The van der Waals surface area contributed by atoms with Crippen LogP contribution in [-0.4, -0.2) is 38.0 Å². The van der Waals surface area contributed by atoms with Gasteiger partial charge in [-0.15, -0.1) is 0 Å². The molecule has 1 aromatic carbocycles. The maximum absolute atomic E-state index is 13.1. The fourth-order valence-corrected chi connectivity index (χ4v) is 4.77. The van der Waals surface area contributed by atoms with Crippen LogP contribution in [-0.2, 0) is 27.9 Å². The molecule has 0 N–H and O–H groups in total. The van der Waals surface area contributed by atoms with Gasteiger partial charge >= 0.3 is 5.97 Å². The van der Waals surface area contributed by atoms with Crippen LogP contribution in [0.15, 0.2) is 36.7 Å². The van der Waals surface area contributed by atoms with Gasteiger partial charge < -0.3 is 14.0 Å². The van der Waals surface area contributed by atoms with Crippen LogP contribution in [0.3, 0.4) is 0 Å². The average Bonchev–Trinajstić information content (AvgIpc) is 3.32. The van der Waals surface area contributed by atoms with Crippen LogP contribution in [0.2, 0.25) is 5.02 Å². The fraction of sp³-hybridized carbons (Fsp3) is 0.393. The molecule has 0 amide bonds. The van der Waals surface area contributed by atoms with Gasteiger partial charge in [0.1, 0.15) is 5.65 Å². The van der Waals surface area contributed by atoms with Crippen molar-refractivity contribution >= 4 is 28.6 Å². The minimum Gasteiger partial charge on any atom is -0.467 e. The lowest BCUT2D eigenvalue weighted by atomic mass is 9.91. The van der Waals surface area contributed by atoms with Gasteiger partial charge in [0.15, 0.2) is 6.10 Å². The topological polar surface area (TPSA) is 71.2 Å². The Balaban J connectivity index is 2.08. The van der Waals surface area contributed by atoms with Crippen LogP contribution in [0.1, 0.15) is 55.0 Å². The van der Waals surface area contributed by atoms with Gasteiger partial charge in [-0.25, -0.2) is 9.78 Å². The smallest absolute Gasteiger partial charge is 0.339 e. The van der Waals surface area contributed by atoms with Gasteiger partial charge in [-0.05, 0) is 64.8 Å². The molecule has 3 aromatic heterocycles. The summed E-state index contributed by atoms with van der Waals surface area (Å²) in [5.41, 5.74) is 6.76. The number of fused-ring (bicyclic) bond motifs is 1. The summed E-state index contributed by atoms with van der Waals surface area (Å²) in [6.45, 7) is 12.5. The highest BCUT2D eigenvalue weighted by Crippen LogP contribution is 2.42. The summed E-state index contributed by atoms with van der Waals surface area (Å²) in [5.74, 6) is -0.464. The van der Waals surface area contributed by atoms with Crippen molar-refractivity contribution in [2.75, 3.05) is 7.11 Å². The normalized spacial score (nSPS) is 12.8. The number of esters is 1. The molecule has 0 fully saturated rings. The molecule has 190 valence electrons. The molecule has 8 heteroatoms. The van der Waals surface area contributed by atoms with Crippen molar-refractivity contribution in [2.24, 2.45) is 7.05 Å². The lowest BCUT2D eigenvalue weighted by Gasteiger charge is -2.28. The maximum atomic E-state index is 13.1. The number of pyridine rings is 1. The van der Waals surface area contributed by atoms with E-state index in [2.05, 4.69) is 23.5 Å². The van der Waals surface area contributed by atoms with E-state index in [0.717, 1.165) is 39.0 Å². The molecule has 0 radical (unpaired) electrons. The van der Waals surface area contributed by atoms with Gasteiger partial charge in [-0.3, -0.25) is 4.68 Å². The molecule has 3 heterocycles. The van der Waals surface area contributed by atoms with Crippen molar-refractivity contribution in [2.45, 2.75) is 59.8 Å². The van der Waals surface area contributed by atoms with Gasteiger partial charge in [0.05, 0.1) is 25.5 Å². The molecule has 36 heavy (non-hydrogen) atoms. The number of carbonyl (C=O) groups is 1. The second kappa shape index (κ2) is 9.71. The summed E-state index contributed by atoms with van der Waals surface area (Å²) < 4.78 is 15.5. The van der Waals surface area contributed by atoms with Crippen LogP contribution in [0.4, 0.5) is 0 Å². The molecule has 0 aliphatic carbocycles. The van der Waals surface area contributed by atoms with Crippen molar-refractivity contribution in [1.29, 1.82) is 0 Å².